The predicted octanol–water partition coefficient (Wildman–Crippen LogP) is 2.01. The van der Waals surface area contributed by atoms with E-state index in [9.17, 15) is 4.79 Å². The number of halogens is 1. The van der Waals surface area contributed by atoms with Gasteiger partial charge in [-0.1, -0.05) is 41.9 Å². The minimum atomic E-state index is -0.375. The molecule has 0 bridgehead atoms. The van der Waals surface area contributed by atoms with Gasteiger partial charge in [0.15, 0.2) is 5.82 Å². The van der Waals surface area contributed by atoms with Crippen LogP contribution in [0.15, 0.2) is 48.8 Å². The molecular formula is C15H15ClN6O. The summed E-state index contributed by atoms with van der Waals surface area (Å²) in [5, 5.41) is 13.5. The molecule has 2 heterocycles. The highest BCUT2D eigenvalue weighted by atomic mass is 35.5. The molecule has 0 aliphatic carbocycles. The quantitative estimate of drug-likeness (QED) is 0.666. The van der Waals surface area contributed by atoms with Crippen molar-refractivity contribution in [3.63, 3.8) is 0 Å². The number of nitrogens with zero attached hydrogens (tertiary/aromatic N) is 3. The molecule has 0 saturated carbocycles. The molecule has 1 aromatic carbocycles. The van der Waals surface area contributed by atoms with E-state index in [-0.39, 0.29) is 28.5 Å². The zero-order chi connectivity index (χ0) is 16.2. The van der Waals surface area contributed by atoms with E-state index in [0.29, 0.717) is 6.54 Å². The Hall–Kier alpha value is -2.80. The van der Waals surface area contributed by atoms with Crippen molar-refractivity contribution in [2.45, 2.75) is 12.6 Å². The molecule has 23 heavy (non-hydrogen) atoms. The second-order valence-electron chi connectivity index (χ2n) is 4.96. The summed E-state index contributed by atoms with van der Waals surface area (Å²) in [5.74, 6) is -0.277. The van der Waals surface area contributed by atoms with Crippen LogP contribution in [-0.4, -0.2) is 25.9 Å². The summed E-state index contributed by atoms with van der Waals surface area (Å²) in [4.78, 5) is 12.4. The molecule has 4 N–H and O–H groups in total. The Bertz CT molecular complexity index is 784. The summed E-state index contributed by atoms with van der Waals surface area (Å²) in [6.07, 6.45) is 3.53. The van der Waals surface area contributed by atoms with Crippen LogP contribution in [0.1, 0.15) is 22.1 Å². The number of benzene rings is 1. The smallest absolute Gasteiger partial charge is 0.271 e. The number of H-pyrrole nitrogens is 1. The van der Waals surface area contributed by atoms with Crippen LogP contribution in [0, 0.1) is 0 Å². The van der Waals surface area contributed by atoms with Gasteiger partial charge in [0.25, 0.3) is 5.91 Å². The summed E-state index contributed by atoms with van der Waals surface area (Å²) in [5.41, 5.74) is 6.66. The van der Waals surface area contributed by atoms with Gasteiger partial charge >= 0.3 is 0 Å². The third-order valence-corrected chi connectivity index (χ3v) is 3.78. The molecule has 3 rings (SSSR count). The summed E-state index contributed by atoms with van der Waals surface area (Å²) in [6.45, 7) is 0.490. The Morgan fingerprint density at radius 2 is 2.13 bits per heavy atom. The highest BCUT2D eigenvalue weighted by molar-refractivity contribution is 6.35. The summed E-state index contributed by atoms with van der Waals surface area (Å²) < 4.78 is 1.75. The lowest BCUT2D eigenvalue weighted by atomic mass is 10.1. The summed E-state index contributed by atoms with van der Waals surface area (Å²) in [6, 6.07) is 11.2. The van der Waals surface area contributed by atoms with Gasteiger partial charge < -0.3 is 11.1 Å². The van der Waals surface area contributed by atoms with Crippen LogP contribution in [0.25, 0.3) is 0 Å². The maximum absolute atomic E-state index is 12.4. The highest BCUT2D eigenvalue weighted by Gasteiger charge is 2.21. The minimum Gasteiger partial charge on any atom is -0.381 e. The van der Waals surface area contributed by atoms with E-state index in [1.54, 1.807) is 10.9 Å². The van der Waals surface area contributed by atoms with Gasteiger partial charge in [-0.25, -0.2) is 0 Å². The number of nitrogens with two attached hydrogens (primary N) is 1. The molecule has 7 nitrogen and oxygen atoms in total. The van der Waals surface area contributed by atoms with Gasteiger partial charge in [0, 0.05) is 12.4 Å². The summed E-state index contributed by atoms with van der Waals surface area (Å²) in [7, 11) is 0. The van der Waals surface area contributed by atoms with Crippen molar-refractivity contribution in [2.75, 3.05) is 5.73 Å². The van der Waals surface area contributed by atoms with E-state index in [4.69, 9.17) is 17.3 Å². The first-order chi connectivity index (χ1) is 11.1. The number of carbonyl (C=O) groups is 1. The fourth-order valence-electron chi connectivity index (χ4n) is 2.24. The number of aromatic amines is 1. The lowest BCUT2D eigenvalue weighted by Crippen LogP contribution is -2.32. The zero-order valence-corrected chi connectivity index (χ0v) is 12.9. The topological polar surface area (TPSA) is 102 Å². The Kier molecular flexibility index (Phi) is 4.29. The molecular weight excluding hydrogens is 316 g/mol. The van der Waals surface area contributed by atoms with Gasteiger partial charge in [0.05, 0.1) is 12.6 Å². The van der Waals surface area contributed by atoms with Crippen molar-refractivity contribution in [3.8, 4) is 0 Å². The Morgan fingerprint density at radius 3 is 2.74 bits per heavy atom. The average molecular weight is 331 g/mol. The van der Waals surface area contributed by atoms with Gasteiger partial charge in [-0.3, -0.25) is 14.6 Å². The first kappa shape index (κ1) is 15.1. The Balaban J connectivity index is 1.83. The van der Waals surface area contributed by atoms with E-state index in [1.165, 1.54) is 0 Å². The lowest BCUT2D eigenvalue weighted by molar-refractivity contribution is 0.0927. The third kappa shape index (κ3) is 3.35. The largest absolute Gasteiger partial charge is 0.381 e. The van der Waals surface area contributed by atoms with Crippen LogP contribution >= 0.6 is 11.6 Å². The van der Waals surface area contributed by atoms with Crippen molar-refractivity contribution >= 4 is 23.3 Å². The number of carbonyl (C=O) groups excluding carboxylic acids is 1. The Morgan fingerprint density at radius 1 is 1.35 bits per heavy atom. The Labute approximate surface area is 137 Å². The van der Waals surface area contributed by atoms with E-state index < -0.39 is 0 Å². The van der Waals surface area contributed by atoms with Crippen LogP contribution in [0.3, 0.4) is 0 Å². The van der Waals surface area contributed by atoms with Gasteiger partial charge in [-0.15, -0.1) is 0 Å². The molecule has 3 aromatic rings. The van der Waals surface area contributed by atoms with Crippen molar-refractivity contribution in [1.82, 2.24) is 25.3 Å². The van der Waals surface area contributed by atoms with E-state index in [0.717, 1.165) is 5.56 Å². The van der Waals surface area contributed by atoms with Crippen molar-refractivity contribution < 1.29 is 4.79 Å². The number of nitrogen functional groups attached to an aromatic ring is 1. The second-order valence-corrected chi connectivity index (χ2v) is 5.34. The van der Waals surface area contributed by atoms with Crippen molar-refractivity contribution in [3.05, 3.63) is 65.1 Å². The average Bonchev–Trinajstić information content (AvgIpc) is 3.18. The second kappa shape index (κ2) is 6.53. The van der Waals surface area contributed by atoms with Crippen molar-refractivity contribution in [1.29, 1.82) is 0 Å². The third-order valence-electron chi connectivity index (χ3n) is 3.40. The minimum absolute atomic E-state index is 0.0974. The number of aromatic nitrogens is 4. The first-order valence-electron chi connectivity index (χ1n) is 6.97. The van der Waals surface area contributed by atoms with Crippen LogP contribution in [0.5, 0.6) is 0 Å². The molecule has 1 atom stereocenters. The molecule has 0 spiro atoms. The predicted molar refractivity (Wildman–Crippen MR) is 86.9 cm³/mol. The molecule has 1 amide bonds. The fraction of sp³-hybridized carbons (Fsp3) is 0.133. The number of hydrogen-bond acceptors (Lipinski definition) is 4. The van der Waals surface area contributed by atoms with Gasteiger partial charge in [-0.05, 0) is 11.6 Å². The maximum Gasteiger partial charge on any atom is 0.271 e. The van der Waals surface area contributed by atoms with Gasteiger partial charge in [0.1, 0.15) is 10.7 Å². The van der Waals surface area contributed by atoms with Crippen LogP contribution < -0.4 is 11.1 Å². The number of hydrogen-bond donors (Lipinski definition) is 3. The molecule has 0 saturated heterocycles. The molecule has 0 unspecified atom stereocenters. The maximum atomic E-state index is 12.4. The van der Waals surface area contributed by atoms with Crippen LogP contribution in [-0.2, 0) is 6.54 Å². The molecule has 2 aromatic heterocycles. The molecule has 0 fully saturated rings. The first-order valence-corrected chi connectivity index (χ1v) is 7.35. The normalized spacial score (nSPS) is 12.0. The van der Waals surface area contributed by atoms with Crippen molar-refractivity contribution in [2.24, 2.45) is 0 Å². The number of rotatable bonds is 5. The fourth-order valence-corrected chi connectivity index (χ4v) is 2.41. The van der Waals surface area contributed by atoms with Gasteiger partial charge in [0.2, 0.25) is 0 Å². The van der Waals surface area contributed by atoms with E-state index in [1.807, 2.05) is 42.6 Å². The molecule has 0 radical (unpaired) electrons. The van der Waals surface area contributed by atoms with Crippen LogP contribution in [0.4, 0.5) is 5.82 Å². The molecule has 118 valence electrons. The number of anilines is 1. The summed E-state index contributed by atoms with van der Waals surface area (Å²) >= 11 is 5.98. The number of amides is 1. The van der Waals surface area contributed by atoms with E-state index >= 15 is 0 Å². The van der Waals surface area contributed by atoms with Crippen LogP contribution in [0.2, 0.25) is 5.02 Å². The van der Waals surface area contributed by atoms with Gasteiger partial charge in [-0.2, -0.15) is 10.2 Å². The van der Waals surface area contributed by atoms with E-state index in [2.05, 4.69) is 20.6 Å². The highest BCUT2D eigenvalue weighted by Crippen LogP contribution is 2.21. The standard InChI is InChI=1S/C15H15ClN6O/c16-12-13(20-21-14(12)17)15(23)19-11(9-22-8-4-7-18-22)10-5-2-1-3-6-10/h1-8,11H,9H2,(H,19,23)(H3,17,20,21)/t11-/m0/s1. The lowest BCUT2D eigenvalue weighted by Gasteiger charge is -2.19. The zero-order valence-electron chi connectivity index (χ0n) is 12.1. The molecule has 0 aliphatic heterocycles. The monoisotopic (exact) mass is 330 g/mol. The number of nitrogens with one attached hydrogen (secondary N) is 2. The molecule has 0 aliphatic rings. The SMILES string of the molecule is Nc1n[nH]c(C(=O)N[C@@H](Cn2cccn2)c2ccccc2)c1Cl. The molecule has 8 heteroatoms.